The molecule has 0 bridgehead atoms. The predicted molar refractivity (Wildman–Crippen MR) is 111 cm³/mol. The molecule has 30 heavy (non-hydrogen) atoms. The van der Waals surface area contributed by atoms with Gasteiger partial charge < -0.3 is 24.1 Å². The Morgan fingerprint density at radius 2 is 2.07 bits per heavy atom. The second kappa shape index (κ2) is 9.05. The molecule has 0 saturated carbocycles. The van der Waals surface area contributed by atoms with Crippen LogP contribution in [0, 0.1) is 0 Å². The lowest BCUT2D eigenvalue weighted by molar-refractivity contribution is 0.0369. The van der Waals surface area contributed by atoms with Crippen molar-refractivity contribution in [2.45, 2.75) is 70.9 Å². The molecule has 2 aromatic rings. The van der Waals surface area contributed by atoms with E-state index in [0.717, 1.165) is 0 Å². The summed E-state index contributed by atoms with van der Waals surface area (Å²) in [5.74, 6) is -0.868. The molecule has 3 rings (SSSR count). The van der Waals surface area contributed by atoms with Crippen LogP contribution in [0.3, 0.4) is 0 Å². The van der Waals surface area contributed by atoms with E-state index in [1.807, 2.05) is 0 Å². The van der Waals surface area contributed by atoms with Crippen molar-refractivity contribution in [1.82, 2.24) is 19.5 Å². The smallest absolute Gasteiger partial charge is 0.359 e. The Morgan fingerprint density at radius 3 is 2.67 bits per heavy atom. The Kier molecular flexibility index (Phi) is 6.86. The van der Waals surface area contributed by atoms with E-state index in [-0.39, 0.29) is 36.3 Å². The average molecular weight is 459 g/mol. The molecule has 3 atom stereocenters. The van der Waals surface area contributed by atoms with E-state index in [1.54, 1.807) is 32.3 Å². The quantitative estimate of drug-likeness (QED) is 0.204. The summed E-state index contributed by atoms with van der Waals surface area (Å²) in [4.78, 5) is 15.2. The summed E-state index contributed by atoms with van der Waals surface area (Å²) < 4.78 is 32.5. The van der Waals surface area contributed by atoms with Crippen LogP contribution in [0.2, 0.25) is 5.15 Å². The molecule has 0 aliphatic carbocycles. The SMILES string of the molecule is CC(C)OP(=O)(OC(C)C)[C@H]1C[C@@H](N=[N+]=[N-])[C@@H](Cn2cnc3c(Cl)nc(N)nc32)O1. The summed E-state index contributed by atoms with van der Waals surface area (Å²) in [7, 11) is -3.63. The van der Waals surface area contributed by atoms with Crippen molar-refractivity contribution < 1.29 is 18.3 Å². The predicted octanol–water partition coefficient (Wildman–Crippen LogP) is 3.90. The molecule has 1 aliphatic rings. The summed E-state index contributed by atoms with van der Waals surface area (Å²) in [6.45, 7) is 7.27. The number of imidazole rings is 1. The van der Waals surface area contributed by atoms with E-state index in [9.17, 15) is 4.57 Å². The normalized spacial score (nSPS) is 22.2. The van der Waals surface area contributed by atoms with E-state index < -0.39 is 25.6 Å². The van der Waals surface area contributed by atoms with Gasteiger partial charge in [-0.15, -0.1) is 0 Å². The maximum atomic E-state index is 13.5. The average Bonchev–Trinajstić information content (AvgIpc) is 3.20. The largest absolute Gasteiger partial charge is 0.368 e. The molecular weight excluding hydrogens is 435 g/mol. The van der Waals surface area contributed by atoms with Crippen molar-refractivity contribution in [3.8, 4) is 0 Å². The lowest BCUT2D eigenvalue weighted by Gasteiger charge is -2.27. The lowest BCUT2D eigenvalue weighted by Crippen LogP contribution is -2.25. The van der Waals surface area contributed by atoms with Gasteiger partial charge in [0.05, 0.1) is 37.2 Å². The summed E-state index contributed by atoms with van der Waals surface area (Å²) in [5.41, 5.74) is 15.5. The van der Waals surface area contributed by atoms with Crippen molar-refractivity contribution >= 4 is 36.3 Å². The van der Waals surface area contributed by atoms with Gasteiger partial charge in [-0.05, 0) is 39.6 Å². The van der Waals surface area contributed by atoms with Gasteiger partial charge in [-0.2, -0.15) is 9.97 Å². The molecule has 1 aliphatic heterocycles. The molecule has 0 spiro atoms. The highest BCUT2D eigenvalue weighted by Gasteiger charge is 2.48. The molecule has 0 unspecified atom stereocenters. The number of anilines is 1. The number of aromatic nitrogens is 4. The van der Waals surface area contributed by atoms with Gasteiger partial charge >= 0.3 is 7.60 Å². The van der Waals surface area contributed by atoms with Gasteiger partial charge in [0.2, 0.25) is 5.95 Å². The number of halogens is 1. The van der Waals surface area contributed by atoms with Crippen LogP contribution < -0.4 is 5.73 Å². The first-order valence-electron chi connectivity index (χ1n) is 9.43. The second-order valence-corrected chi connectivity index (χ2v) is 9.86. The number of nitrogens with two attached hydrogens (primary N) is 1. The minimum absolute atomic E-state index is 0.00577. The molecule has 0 radical (unpaired) electrons. The molecule has 1 saturated heterocycles. The third-order valence-electron chi connectivity index (χ3n) is 4.29. The first-order chi connectivity index (χ1) is 14.1. The Labute approximate surface area is 178 Å². The number of azide groups is 1. The molecule has 2 aromatic heterocycles. The van der Waals surface area contributed by atoms with Crippen molar-refractivity contribution in [2.24, 2.45) is 5.11 Å². The standard InChI is InChI=1S/C16H24ClN8O4P/c1-8(2)28-30(26,29-9(3)4)12-5-10(23-24-19)11(27-12)6-25-7-20-13-14(17)21-16(18)22-15(13)25/h7-12H,5-6H2,1-4H3,(H2,18,21,22)/t10-,11-,12+/m1/s1. The minimum Gasteiger partial charge on any atom is -0.368 e. The van der Waals surface area contributed by atoms with Crippen molar-refractivity contribution in [1.29, 1.82) is 0 Å². The van der Waals surface area contributed by atoms with Gasteiger partial charge in [-0.25, -0.2) is 4.98 Å². The van der Waals surface area contributed by atoms with Crippen LogP contribution in [0.5, 0.6) is 0 Å². The molecular formula is C16H24ClN8O4P. The zero-order chi connectivity index (χ0) is 22.1. The number of fused-ring (bicyclic) bond motifs is 1. The fourth-order valence-corrected chi connectivity index (χ4v) is 5.76. The van der Waals surface area contributed by atoms with Crippen LogP contribution in [0.1, 0.15) is 34.1 Å². The molecule has 2 N–H and O–H groups in total. The molecule has 0 aromatic carbocycles. The maximum absolute atomic E-state index is 13.5. The first kappa shape index (κ1) is 22.7. The van der Waals surface area contributed by atoms with E-state index in [1.165, 1.54) is 6.33 Å². The second-order valence-electron chi connectivity index (χ2n) is 7.43. The van der Waals surface area contributed by atoms with Gasteiger partial charge in [0.15, 0.2) is 16.6 Å². The third-order valence-corrected chi connectivity index (χ3v) is 7.02. The molecule has 12 nitrogen and oxygen atoms in total. The van der Waals surface area contributed by atoms with Crippen LogP contribution in [0.25, 0.3) is 21.6 Å². The zero-order valence-electron chi connectivity index (χ0n) is 17.0. The van der Waals surface area contributed by atoms with Crippen molar-refractivity contribution in [2.75, 3.05) is 5.73 Å². The van der Waals surface area contributed by atoms with Gasteiger partial charge in [0, 0.05) is 4.91 Å². The number of nitrogen functional groups attached to an aromatic ring is 1. The summed E-state index contributed by atoms with van der Waals surface area (Å²) in [6.07, 6.45) is 0.418. The summed E-state index contributed by atoms with van der Waals surface area (Å²) >= 11 is 6.08. The number of hydrogen-bond donors (Lipinski definition) is 1. The molecule has 14 heteroatoms. The number of rotatable bonds is 8. The van der Waals surface area contributed by atoms with E-state index in [0.29, 0.717) is 11.2 Å². The monoisotopic (exact) mass is 458 g/mol. The third kappa shape index (κ3) is 4.85. The van der Waals surface area contributed by atoms with E-state index >= 15 is 0 Å². The number of nitrogens with zero attached hydrogens (tertiary/aromatic N) is 7. The summed E-state index contributed by atoms with van der Waals surface area (Å²) in [5, 5.41) is 3.96. The lowest BCUT2D eigenvalue weighted by atomic mass is 10.1. The maximum Gasteiger partial charge on any atom is 0.359 e. The minimum atomic E-state index is -3.63. The van der Waals surface area contributed by atoms with Gasteiger partial charge in [0.25, 0.3) is 0 Å². The Balaban J connectivity index is 1.89. The van der Waals surface area contributed by atoms with Gasteiger partial charge in [-0.1, -0.05) is 16.7 Å². The highest BCUT2D eigenvalue weighted by Crippen LogP contribution is 2.59. The molecule has 1 fully saturated rings. The zero-order valence-corrected chi connectivity index (χ0v) is 18.7. The van der Waals surface area contributed by atoms with Crippen LogP contribution in [-0.4, -0.2) is 49.7 Å². The van der Waals surface area contributed by atoms with Gasteiger partial charge in [0.1, 0.15) is 5.52 Å². The highest BCUT2D eigenvalue weighted by atomic mass is 35.5. The molecule has 164 valence electrons. The summed E-state index contributed by atoms with van der Waals surface area (Å²) in [6, 6.07) is -0.591. The van der Waals surface area contributed by atoms with Crippen molar-refractivity contribution in [3.05, 3.63) is 21.9 Å². The van der Waals surface area contributed by atoms with Crippen LogP contribution in [-0.2, 0) is 24.9 Å². The number of ether oxygens (including phenoxy) is 1. The van der Waals surface area contributed by atoms with Crippen molar-refractivity contribution in [3.63, 3.8) is 0 Å². The van der Waals surface area contributed by atoms with Crippen LogP contribution >= 0.6 is 19.2 Å². The van der Waals surface area contributed by atoms with Gasteiger partial charge in [-0.3, -0.25) is 4.57 Å². The highest BCUT2D eigenvalue weighted by molar-refractivity contribution is 7.54. The Morgan fingerprint density at radius 1 is 1.40 bits per heavy atom. The topological polar surface area (TPSA) is 163 Å². The van der Waals surface area contributed by atoms with E-state index in [4.69, 9.17) is 36.7 Å². The van der Waals surface area contributed by atoms with Crippen LogP contribution in [0.4, 0.5) is 5.95 Å². The fourth-order valence-electron chi connectivity index (χ4n) is 3.26. The van der Waals surface area contributed by atoms with Crippen LogP contribution in [0.15, 0.2) is 11.4 Å². The Bertz CT molecular complexity index is 995. The first-order valence-corrected chi connectivity index (χ1v) is 11.4. The molecule has 0 amide bonds. The number of hydrogen-bond acceptors (Lipinski definition) is 9. The fraction of sp³-hybridized carbons (Fsp3) is 0.688. The molecule has 3 heterocycles. The Hall–Kier alpha value is -1.94. The van der Waals surface area contributed by atoms with E-state index in [2.05, 4.69) is 25.0 Å².